The Bertz CT molecular complexity index is 311. The van der Waals surface area contributed by atoms with Crippen LogP contribution in [0.2, 0.25) is 0 Å². The van der Waals surface area contributed by atoms with E-state index in [2.05, 4.69) is 0 Å². The molecule has 0 amide bonds. The van der Waals surface area contributed by atoms with Crippen LogP contribution in [0.25, 0.3) is 0 Å². The summed E-state index contributed by atoms with van der Waals surface area (Å²) in [5.41, 5.74) is 1.23. The minimum Gasteiger partial charge on any atom is -0.504 e. The molecule has 0 atom stereocenters. The lowest BCUT2D eigenvalue weighted by atomic mass is 10.0. The monoisotopic (exact) mass is 220 g/mol. The number of rotatable bonds is 2. The van der Waals surface area contributed by atoms with E-state index in [1.165, 1.54) is 6.07 Å². The van der Waals surface area contributed by atoms with Crippen molar-refractivity contribution in [3.8, 4) is 11.5 Å². The molecule has 1 aromatic carbocycles. The van der Waals surface area contributed by atoms with Gasteiger partial charge in [0.05, 0.1) is 0 Å². The maximum absolute atomic E-state index is 9.46. The SMILES string of the molecule is CCc1ccc(O)c(O)c1C(Cl)Cl. The van der Waals surface area contributed by atoms with E-state index in [4.69, 9.17) is 23.2 Å². The fraction of sp³-hybridized carbons (Fsp3) is 0.333. The molecule has 0 aliphatic rings. The first kappa shape index (κ1) is 10.5. The molecule has 0 radical (unpaired) electrons. The third-order valence-electron chi connectivity index (χ3n) is 1.89. The minimum absolute atomic E-state index is 0.196. The van der Waals surface area contributed by atoms with Gasteiger partial charge in [-0.3, -0.25) is 0 Å². The predicted octanol–water partition coefficient (Wildman–Crippen LogP) is 3.14. The Morgan fingerprint density at radius 3 is 2.38 bits per heavy atom. The van der Waals surface area contributed by atoms with E-state index in [1.54, 1.807) is 6.07 Å². The van der Waals surface area contributed by atoms with E-state index in [9.17, 15) is 10.2 Å². The van der Waals surface area contributed by atoms with Crippen molar-refractivity contribution in [2.45, 2.75) is 18.2 Å². The molecule has 0 bridgehead atoms. The van der Waals surface area contributed by atoms with Gasteiger partial charge in [0.1, 0.15) is 4.84 Å². The molecule has 0 aromatic heterocycles. The second kappa shape index (κ2) is 4.07. The lowest BCUT2D eigenvalue weighted by molar-refractivity contribution is 0.399. The van der Waals surface area contributed by atoms with E-state index in [0.717, 1.165) is 5.56 Å². The predicted molar refractivity (Wildman–Crippen MR) is 53.6 cm³/mol. The summed E-state index contributed by atoms with van der Waals surface area (Å²) >= 11 is 11.3. The smallest absolute Gasteiger partial charge is 0.163 e. The first-order valence-corrected chi connectivity index (χ1v) is 4.77. The summed E-state index contributed by atoms with van der Waals surface area (Å²) < 4.78 is 0. The van der Waals surface area contributed by atoms with Crippen molar-refractivity contribution in [2.24, 2.45) is 0 Å². The van der Waals surface area contributed by atoms with Gasteiger partial charge in [0.25, 0.3) is 0 Å². The van der Waals surface area contributed by atoms with E-state index in [-0.39, 0.29) is 11.5 Å². The van der Waals surface area contributed by atoms with Gasteiger partial charge in [-0.25, -0.2) is 0 Å². The number of hydrogen-bond acceptors (Lipinski definition) is 2. The number of alkyl halides is 2. The van der Waals surface area contributed by atoms with Crippen LogP contribution in [-0.2, 0) is 6.42 Å². The maximum atomic E-state index is 9.46. The molecule has 0 fully saturated rings. The summed E-state index contributed by atoms with van der Waals surface area (Å²) in [6.45, 7) is 1.92. The van der Waals surface area contributed by atoms with Crippen molar-refractivity contribution in [1.82, 2.24) is 0 Å². The Hall–Kier alpha value is -0.600. The van der Waals surface area contributed by atoms with E-state index in [0.29, 0.717) is 12.0 Å². The van der Waals surface area contributed by atoms with Crippen LogP contribution >= 0.6 is 23.2 Å². The molecule has 1 rings (SSSR count). The van der Waals surface area contributed by atoms with Gasteiger partial charge in [0.2, 0.25) is 0 Å². The molecule has 2 nitrogen and oxygen atoms in total. The summed E-state index contributed by atoms with van der Waals surface area (Å²) in [7, 11) is 0. The molecule has 4 heteroatoms. The third kappa shape index (κ3) is 2.01. The molecule has 0 saturated carbocycles. The van der Waals surface area contributed by atoms with Gasteiger partial charge < -0.3 is 10.2 Å². The second-order valence-corrected chi connectivity index (χ2v) is 3.76. The number of hydrogen-bond donors (Lipinski definition) is 2. The highest BCUT2D eigenvalue weighted by Crippen LogP contribution is 2.40. The second-order valence-electron chi connectivity index (χ2n) is 2.66. The molecular formula is C9H10Cl2O2. The zero-order chi connectivity index (χ0) is 10.0. The maximum Gasteiger partial charge on any atom is 0.163 e. The number of phenols is 2. The van der Waals surface area contributed by atoms with Gasteiger partial charge in [-0.2, -0.15) is 0 Å². The van der Waals surface area contributed by atoms with Crippen LogP contribution < -0.4 is 0 Å². The Morgan fingerprint density at radius 1 is 1.31 bits per heavy atom. The van der Waals surface area contributed by atoms with Crippen LogP contribution in [0.15, 0.2) is 12.1 Å². The lowest BCUT2D eigenvalue weighted by Crippen LogP contribution is -1.92. The van der Waals surface area contributed by atoms with Crippen LogP contribution in [-0.4, -0.2) is 10.2 Å². The molecule has 1 aromatic rings. The number of aryl methyl sites for hydroxylation is 1. The van der Waals surface area contributed by atoms with E-state index < -0.39 is 4.84 Å². The molecule has 0 aliphatic carbocycles. The van der Waals surface area contributed by atoms with Gasteiger partial charge in [0, 0.05) is 5.56 Å². The van der Waals surface area contributed by atoms with Crippen molar-refractivity contribution < 1.29 is 10.2 Å². The largest absolute Gasteiger partial charge is 0.504 e. The highest BCUT2D eigenvalue weighted by Gasteiger charge is 2.16. The normalized spacial score (nSPS) is 10.8. The summed E-state index contributed by atoms with van der Waals surface area (Å²) in [5, 5.41) is 18.7. The van der Waals surface area contributed by atoms with Crippen LogP contribution in [0.3, 0.4) is 0 Å². The van der Waals surface area contributed by atoms with Crippen LogP contribution in [0, 0.1) is 0 Å². The van der Waals surface area contributed by atoms with Crippen molar-refractivity contribution in [1.29, 1.82) is 0 Å². The Morgan fingerprint density at radius 2 is 1.92 bits per heavy atom. The van der Waals surface area contributed by atoms with Gasteiger partial charge in [0.15, 0.2) is 11.5 Å². The van der Waals surface area contributed by atoms with Gasteiger partial charge in [-0.1, -0.05) is 36.2 Å². The molecule has 72 valence electrons. The number of phenolic OH excluding ortho intramolecular Hbond substituents is 2. The Labute approximate surface area is 86.7 Å². The topological polar surface area (TPSA) is 40.5 Å². The molecule has 0 unspecified atom stereocenters. The van der Waals surface area contributed by atoms with Gasteiger partial charge >= 0.3 is 0 Å². The molecule has 13 heavy (non-hydrogen) atoms. The Kier molecular flexibility index (Phi) is 3.28. The molecule has 0 heterocycles. The molecule has 0 spiro atoms. The zero-order valence-electron chi connectivity index (χ0n) is 7.09. The fourth-order valence-electron chi connectivity index (χ4n) is 1.19. The quantitative estimate of drug-likeness (QED) is 0.594. The zero-order valence-corrected chi connectivity index (χ0v) is 8.60. The van der Waals surface area contributed by atoms with Crippen LogP contribution in [0.5, 0.6) is 11.5 Å². The average Bonchev–Trinajstić information content (AvgIpc) is 2.08. The highest BCUT2D eigenvalue weighted by atomic mass is 35.5. The number of aromatic hydroxyl groups is 2. The standard InChI is InChI=1S/C9H10Cl2O2/c1-2-5-3-4-6(12)8(13)7(5)9(10)11/h3-4,9,12-13H,2H2,1H3. The average molecular weight is 221 g/mol. The molecule has 2 N–H and O–H groups in total. The molecule has 0 saturated heterocycles. The first-order chi connectivity index (χ1) is 6.07. The minimum atomic E-state index is -0.818. The van der Waals surface area contributed by atoms with Crippen molar-refractivity contribution in [3.05, 3.63) is 23.3 Å². The molecule has 0 aliphatic heterocycles. The van der Waals surface area contributed by atoms with Crippen molar-refractivity contribution in [3.63, 3.8) is 0 Å². The van der Waals surface area contributed by atoms with Crippen LogP contribution in [0.4, 0.5) is 0 Å². The van der Waals surface area contributed by atoms with Crippen molar-refractivity contribution >= 4 is 23.2 Å². The highest BCUT2D eigenvalue weighted by molar-refractivity contribution is 6.44. The summed E-state index contributed by atoms with van der Waals surface area (Å²) in [6.07, 6.45) is 0.707. The summed E-state index contributed by atoms with van der Waals surface area (Å²) in [5.74, 6) is -0.423. The summed E-state index contributed by atoms with van der Waals surface area (Å²) in [6, 6.07) is 3.12. The lowest BCUT2D eigenvalue weighted by Gasteiger charge is -2.11. The van der Waals surface area contributed by atoms with E-state index >= 15 is 0 Å². The Balaban J connectivity index is 3.32. The summed E-state index contributed by atoms with van der Waals surface area (Å²) in [4.78, 5) is -0.818. The van der Waals surface area contributed by atoms with Gasteiger partial charge in [-0.15, -0.1) is 0 Å². The van der Waals surface area contributed by atoms with Crippen LogP contribution in [0.1, 0.15) is 22.9 Å². The van der Waals surface area contributed by atoms with Crippen molar-refractivity contribution in [2.75, 3.05) is 0 Å². The fourth-order valence-corrected chi connectivity index (χ4v) is 1.68. The third-order valence-corrected chi connectivity index (χ3v) is 2.32. The van der Waals surface area contributed by atoms with E-state index in [1.807, 2.05) is 6.92 Å². The first-order valence-electron chi connectivity index (χ1n) is 3.89. The number of benzene rings is 1. The number of halogens is 2. The molecular weight excluding hydrogens is 211 g/mol. The van der Waals surface area contributed by atoms with Gasteiger partial charge in [-0.05, 0) is 18.1 Å².